The lowest BCUT2D eigenvalue weighted by Crippen LogP contribution is -1.84. The van der Waals surface area contributed by atoms with Crippen LogP contribution >= 0.6 is 25.0 Å². The van der Waals surface area contributed by atoms with E-state index in [-0.39, 0.29) is 0 Å². The molecule has 0 aromatic heterocycles. The summed E-state index contributed by atoms with van der Waals surface area (Å²) in [6.07, 6.45) is 0. The van der Waals surface area contributed by atoms with Crippen molar-refractivity contribution >= 4 is 30.5 Å². The van der Waals surface area contributed by atoms with Gasteiger partial charge >= 0.3 is 0 Å². The molecular weight excluding hydrogens is 90.2 g/mol. The summed E-state index contributed by atoms with van der Waals surface area (Å²) in [6.45, 7) is 0. The van der Waals surface area contributed by atoms with Gasteiger partial charge in [-0.1, -0.05) is 25.0 Å². The SMILES string of the molecule is S=[C]NS. The molecule has 1 radical (unpaired) electrons. The van der Waals surface area contributed by atoms with Crippen molar-refractivity contribution in [2.75, 3.05) is 0 Å². The Morgan fingerprint density at radius 3 is 2.25 bits per heavy atom. The van der Waals surface area contributed by atoms with Crippen LogP contribution in [0.3, 0.4) is 0 Å². The van der Waals surface area contributed by atoms with Crippen LogP contribution in [0, 0.1) is 0 Å². The van der Waals surface area contributed by atoms with Gasteiger partial charge in [0.25, 0.3) is 0 Å². The van der Waals surface area contributed by atoms with Crippen molar-refractivity contribution in [3.8, 4) is 0 Å². The summed E-state index contributed by atoms with van der Waals surface area (Å²) in [6, 6.07) is 0. The molecule has 4 heavy (non-hydrogen) atoms. The maximum atomic E-state index is 4.12. The van der Waals surface area contributed by atoms with Crippen molar-refractivity contribution in [1.82, 2.24) is 4.72 Å². The molecule has 0 aliphatic rings. The van der Waals surface area contributed by atoms with Gasteiger partial charge in [0.2, 0.25) is 0 Å². The lowest BCUT2D eigenvalue weighted by molar-refractivity contribution is 1.69. The minimum absolute atomic E-state index is 2.13. The van der Waals surface area contributed by atoms with Gasteiger partial charge in [-0.05, 0) is 0 Å². The minimum Gasteiger partial charge on any atom is -0.321 e. The van der Waals surface area contributed by atoms with E-state index in [4.69, 9.17) is 0 Å². The second kappa shape index (κ2) is 3.24. The predicted molar refractivity (Wildman–Crippen MR) is 24.7 cm³/mol. The van der Waals surface area contributed by atoms with E-state index < -0.39 is 0 Å². The van der Waals surface area contributed by atoms with Crippen molar-refractivity contribution in [2.24, 2.45) is 0 Å². The Bertz CT molecular complexity index is 20.0. The molecule has 0 aromatic carbocycles. The zero-order valence-electron chi connectivity index (χ0n) is 1.86. The summed E-state index contributed by atoms with van der Waals surface area (Å²) >= 11 is 7.57. The molecule has 0 heterocycles. The standard InChI is InChI=1S/CH2NS2/c3-1-2-4/h4H,(H,2,3). The van der Waals surface area contributed by atoms with E-state index in [1.54, 1.807) is 0 Å². The number of nitrogens with one attached hydrogen (secondary N) is 1. The summed E-state index contributed by atoms with van der Waals surface area (Å²) in [7, 11) is 0. The minimum atomic E-state index is 2.13. The first kappa shape index (κ1) is 4.24. The second-order valence-corrected chi connectivity index (χ2v) is 0.642. The van der Waals surface area contributed by atoms with Crippen LogP contribution in [-0.4, -0.2) is 5.49 Å². The van der Waals surface area contributed by atoms with E-state index in [9.17, 15) is 0 Å². The zero-order chi connectivity index (χ0) is 3.41. The smallest absolute Gasteiger partial charge is 0.144 e. The molecule has 0 aliphatic carbocycles. The molecule has 0 unspecified atom stereocenters. The average Bonchev–Trinajstić information content (AvgIpc) is 1.37. The van der Waals surface area contributed by atoms with E-state index in [2.05, 4.69) is 35.2 Å². The van der Waals surface area contributed by atoms with E-state index in [0.717, 1.165) is 0 Å². The topological polar surface area (TPSA) is 12.0 Å². The molecule has 23 valence electrons. The third-order valence-electron chi connectivity index (χ3n) is 0.0456. The molecule has 1 N–H and O–H groups in total. The van der Waals surface area contributed by atoms with Crippen molar-refractivity contribution < 1.29 is 0 Å². The number of hydrogen-bond donors (Lipinski definition) is 2. The average molecular weight is 92.2 g/mol. The number of thiol groups is 1. The molecule has 0 bridgehead atoms. The normalized spacial score (nSPS) is 5.25. The van der Waals surface area contributed by atoms with Gasteiger partial charge in [0.15, 0.2) is 0 Å². The fraction of sp³-hybridized carbons (Fsp3) is 0. The molecule has 0 fully saturated rings. The second-order valence-electron chi connectivity index (χ2n) is 0.214. The third-order valence-corrected chi connectivity index (χ3v) is 0.411. The van der Waals surface area contributed by atoms with Crippen LogP contribution in [0.15, 0.2) is 0 Å². The first-order valence-corrected chi connectivity index (χ1v) is 1.53. The van der Waals surface area contributed by atoms with Gasteiger partial charge < -0.3 is 4.72 Å². The molecule has 0 aliphatic heterocycles. The molecule has 0 saturated heterocycles. The maximum absolute atomic E-state index is 4.12. The van der Waals surface area contributed by atoms with Gasteiger partial charge in [0.1, 0.15) is 5.49 Å². The molecule has 0 saturated carbocycles. The molecule has 3 heteroatoms. The van der Waals surface area contributed by atoms with Gasteiger partial charge in [-0.2, -0.15) is 0 Å². The fourth-order valence-electron chi connectivity index (χ4n) is 0. The van der Waals surface area contributed by atoms with Crippen LogP contribution in [-0.2, 0) is 0 Å². The lowest BCUT2D eigenvalue weighted by Gasteiger charge is -1.64. The van der Waals surface area contributed by atoms with Gasteiger partial charge in [-0.25, -0.2) is 0 Å². The number of rotatable bonds is 1. The Hall–Kier alpha value is 0.240. The fourth-order valence-corrected chi connectivity index (χ4v) is 0. The quantitative estimate of drug-likeness (QED) is 0.273. The zero-order valence-corrected chi connectivity index (χ0v) is 3.57. The van der Waals surface area contributed by atoms with Crippen LogP contribution in [0.25, 0.3) is 0 Å². The van der Waals surface area contributed by atoms with Crippen LogP contribution in [0.1, 0.15) is 0 Å². The van der Waals surface area contributed by atoms with Crippen molar-refractivity contribution in [2.45, 2.75) is 0 Å². The van der Waals surface area contributed by atoms with Crippen molar-refractivity contribution in [1.29, 1.82) is 0 Å². The van der Waals surface area contributed by atoms with Gasteiger partial charge in [0, 0.05) is 0 Å². The van der Waals surface area contributed by atoms with E-state index in [1.165, 1.54) is 0 Å². The predicted octanol–water partition coefficient (Wildman–Crippen LogP) is 0.255. The highest BCUT2D eigenvalue weighted by molar-refractivity contribution is 7.83. The summed E-state index contributed by atoms with van der Waals surface area (Å²) < 4.78 is 2.19. The van der Waals surface area contributed by atoms with Crippen molar-refractivity contribution in [3.05, 3.63) is 0 Å². The van der Waals surface area contributed by atoms with Crippen LogP contribution in [0.5, 0.6) is 0 Å². The maximum Gasteiger partial charge on any atom is 0.144 e. The Labute approximate surface area is 35.9 Å². The van der Waals surface area contributed by atoms with Crippen LogP contribution in [0.4, 0.5) is 0 Å². The van der Waals surface area contributed by atoms with Crippen molar-refractivity contribution in [3.63, 3.8) is 0 Å². The lowest BCUT2D eigenvalue weighted by atomic mass is 11.6. The summed E-state index contributed by atoms with van der Waals surface area (Å²) in [5, 5.41) is 0. The largest absolute Gasteiger partial charge is 0.321 e. The van der Waals surface area contributed by atoms with Crippen LogP contribution < -0.4 is 4.72 Å². The Morgan fingerprint density at radius 2 is 2.25 bits per heavy atom. The van der Waals surface area contributed by atoms with Crippen LogP contribution in [0.2, 0.25) is 0 Å². The van der Waals surface area contributed by atoms with Gasteiger partial charge in [-0.3, -0.25) is 0 Å². The molecular formula is CH2NS2. The Kier molecular flexibility index (Phi) is 3.43. The summed E-state index contributed by atoms with van der Waals surface area (Å²) in [5.74, 6) is 0. The van der Waals surface area contributed by atoms with E-state index in [0.29, 0.717) is 0 Å². The molecule has 0 aromatic rings. The highest BCUT2D eigenvalue weighted by Gasteiger charge is 1.42. The monoisotopic (exact) mass is 92.0 g/mol. The number of thiocarbonyl (C=S) groups is 1. The highest BCUT2D eigenvalue weighted by atomic mass is 32.1. The Balaban J connectivity index is 2.30. The third kappa shape index (κ3) is 2.24. The highest BCUT2D eigenvalue weighted by Crippen LogP contribution is 1.45. The first-order valence-electron chi connectivity index (χ1n) is 0.678. The molecule has 0 atom stereocenters. The van der Waals surface area contributed by atoms with E-state index >= 15 is 0 Å². The molecule has 0 amide bonds. The summed E-state index contributed by atoms with van der Waals surface area (Å²) in [4.78, 5) is 0. The van der Waals surface area contributed by atoms with E-state index in [1.807, 2.05) is 0 Å². The molecule has 1 nitrogen and oxygen atoms in total. The summed E-state index contributed by atoms with van der Waals surface area (Å²) in [5.41, 5.74) is 2.13. The molecule has 0 spiro atoms. The molecule has 0 rings (SSSR count). The number of hydrogen-bond acceptors (Lipinski definition) is 2. The van der Waals surface area contributed by atoms with Gasteiger partial charge in [0.05, 0.1) is 0 Å². The first-order chi connectivity index (χ1) is 1.91. The van der Waals surface area contributed by atoms with Gasteiger partial charge in [-0.15, -0.1) is 0 Å². The Morgan fingerprint density at radius 1 is 2.00 bits per heavy atom.